The second-order valence-electron chi connectivity index (χ2n) is 8.18. The Bertz CT molecular complexity index is 1620. The largest absolute Gasteiger partial charge is 0.466 e. The van der Waals surface area contributed by atoms with Crippen molar-refractivity contribution in [2.24, 2.45) is 0 Å². The molecule has 0 fully saturated rings. The highest BCUT2D eigenvalue weighted by Crippen LogP contribution is 2.32. The van der Waals surface area contributed by atoms with Crippen molar-refractivity contribution in [2.75, 3.05) is 6.61 Å². The molecule has 0 saturated heterocycles. The lowest BCUT2D eigenvalue weighted by atomic mass is 10.0. The van der Waals surface area contributed by atoms with E-state index in [9.17, 15) is 22.9 Å². The number of carbonyl (C=O) groups is 1. The van der Waals surface area contributed by atoms with Gasteiger partial charge in [0.25, 0.3) is 0 Å². The molecule has 9 heteroatoms. The minimum absolute atomic E-state index is 0.00176. The Hall–Kier alpha value is -4.03. The molecule has 0 atom stereocenters. The number of esters is 1. The molecule has 184 valence electrons. The summed E-state index contributed by atoms with van der Waals surface area (Å²) in [6.07, 6.45) is 1.58. The molecule has 0 bridgehead atoms. The molecule has 0 amide bonds. The zero-order valence-electron chi connectivity index (χ0n) is 19.6. The van der Waals surface area contributed by atoms with Gasteiger partial charge in [-0.25, -0.2) is 17.2 Å². The Kier molecular flexibility index (Phi) is 6.91. The minimum atomic E-state index is -4.31. The number of rotatable bonds is 7. The van der Waals surface area contributed by atoms with E-state index in [0.29, 0.717) is 27.9 Å². The number of benzene rings is 2. The zero-order chi connectivity index (χ0) is 26.0. The molecule has 4 rings (SSSR count). The summed E-state index contributed by atoms with van der Waals surface area (Å²) in [5.41, 5.74) is 3.18. The van der Waals surface area contributed by atoms with Gasteiger partial charge >= 0.3 is 5.97 Å². The fraction of sp³-hybridized carbons (Fsp3) is 0.185. The molecule has 2 heterocycles. The second kappa shape index (κ2) is 9.91. The van der Waals surface area contributed by atoms with Crippen LogP contribution in [-0.2, 0) is 32.2 Å². The van der Waals surface area contributed by atoms with Gasteiger partial charge in [-0.3, -0.25) is 4.79 Å². The lowest BCUT2D eigenvalue weighted by molar-refractivity contribution is -0.142. The molecule has 0 spiro atoms. The van der Waals surface area contributed by atoms with Crippen molar-refractivity contribution in [1.82, 2.24) is 4.40 Å². The van der Waals surface area contributed by atoms with Crippen LogP contribution in [0.1, 0.15) is 34.9 Å². The van der Waals surface area contributed by atoms with Gasteiger partial charge in [-0.2, -0.15) is 5.26 Å². The van der Waals surface area contributed by atoms with Crippen LogP contribution in [0.3, 0.4) is 0 Å². The summed E-state index contributed by atoms with van der Waals surface area (Å²) in [5, 5.41) is 9.41. The third-order valence-corrected chi connectivity index (χ3v) is 7.88. The number of ether oxygens (including phenoxy) is 1. The number of hydrogen-bond donors (Lipinski definition) is 0. The van der Waals surface area contributed by atoms with E-state index in [1.165, 1.54) is 12.1 Å². The highest BCUT2D eigenvalue weighted by molar-refractivity contribution is 7.91. The molecule has 36 heavy (non-hydrogen) atoms. The van der Waals surface area contributed by atoms with Crippen LogP contribution in [0.25, 0.3) is 5.52 Å². The number of nitriles is 1. The highest BCUT2D eigenvalue weighted by atomic mass is 32.2. The second-order valence-corrected chi connectivity index (χ2v) is 10.1. The van der Waals surface area contributed by atoms with Gasteiger partial charge < -0.3 is 9.14 Å². The van der Waals surface area contributed by atoms with Gasteiger partial charge in [0.05, 0.1) is 23.5 Å². The molecule has 2 aromatic heterocycles. The van der Waals surface area contributed by atoms with Crippen LogP contribution in [0.15, 0.2) is 70.6 Å². The van der Waals surface area contributed by atoms with Crippen LogP contribution in [0.5, 0.6) is 0 Å². The highest BCUT2D eigenvalue weighted by Gasteiger charge is 2.27. The summed E-state index contributed by atoms with van der Waals surface area (Å²) >= 11 is 0. The standard InChI is InChI=1S/C27H22F2N2O4S/c1-3-35-26(32)14-22-17(2)25(31-16-18(15-30)7-12-24(22)31)13-19-5-4-6-23(29)27(19)36(33,34)21-10-8-20(28)9-11-21/h4-12,16H,3,13-14H2,1-2H3. The molecule has 6 nitrogen and oxygen atoms in total. The van der Waals surface area contributed by atoms with Crippen LogP contribution in [0, 0.1) is 29.9 Å². The van der Waals surface area contributed by atoms with Gasteiger partial charge in [-0.1, -0.05) is 12.1 Å². The van der Waals surface area contributed by atoms with Crippen molar-refractivity contribution >= 4 is 21.3 Å². The number of nitrogens with zero attached hydrogens (tertiary/aromatic N) is 2. The zero-order valence-corrected chi connectivity index (χ0v) is 20.4. The summed E-state index contributed by atoms with van der Waals surface area (Å²) in [6.45, 7) is 3.72. The first-order valence-electron chi connectivity index (χ1n) is 11.1. The van der Waals surface area contributed by atoms with E-state index < -0.39 is 32.3 Å². The van der Waals surface area contributed by atoms with Crippen molar-refractivity contribution in [2.45, 2.75) is 36.5 Å². The summed E-state index contributed by atoms with van der Waals surface area (Å²) in [7, 11) is -4.31. The molecule has 0 saturated carbocycles. The fourth-order valence-electron chi connectivity index (χ4n) is 4.29. The van der Waals surface area contributed by atoms with Crippen molar-refractivity contribution in [3.8, 4) is 6.07 Å². The van der Waals surface area contributed by atoms with Crippen LogP contribution >= 0.6 is 0 Å². The van der Waals surface area contributed by atoms with E-state index >= 15 is 4.39 Å². The molecule has 0 N–H and O–H groups in total. The minimum Gasteiger partial charge on any atom is -0.466 e. The van der Waals surface area contributed by atoms with Gasteiger partial charge in [0.1, 0.15) is 22.6 Å². The fourth-order valence-corrected chi connectivity index (χ4v) is 5.83. The number of hydrogen-bond acceptors (Lipinski definition) is 5. The summed E-state index contributed by atoms with van der Waals surface area (Å²) in [4.78, 5) is 11.5. The molecule has 4 aromatic rings. The maximum absolute atomic E-state index is 15.0. The first kappa shape index (κ1) is 25.1. The summed E-state index contributed by atoms with van der Waals surface area (Å²) in [6, 6.07) is 13.6. The van der Waals surface area contributed by atoms with Gasteiger partial charge in [0.2, 0.25) is 9.84 Å². The van der Waals surface area contributed by atoms with Crippen LogP contribution in [-0.4, -0.2) is 25.4 Å². The lowest BCUT2D eigenvalue weighted by Crippen LogP contribution is -2.10. The van der Waals surface area contributed by atoms with Gasteiger partial charge in [-0.15, -0.1) is 0 Å². The molecular formula is C27H22F2N2O4S. The number of pyridine rings is 1. The lowest BCUT2D eigenvalue weighted by Gasteiger charge is -2.13. The monoisotopic (exact) mass is 508 g/mol. The smallest absolute Gasteiger partial charge is 0.310 e. The average molecular weight is 509 g/mol. The van der Waals surface area contributed by atoms with Crippen LogP contribution < -0.4 is 0 Å². The SMILES string of the molecule is CCOC(=O)Cc1c(C)c(Cc2cccc(F)c2S(=O)(=O)c2ccc(F)cc2)n2cc(C#N)ccc12. The first-order chi connectivity index (χ1) is 17.2. The van der Waals surface area contributed by atoms with E-state index in [4.69, 9.17) is 4.74 Å². The molecular weight excluding hydrogens is 486 g/mol. The van der Waals surface area contributed by atoms with Gasteiger partial charge in [-0.05, 0) is 73.0 Å². The van der Waals surface area contributed by atoms with E-state index in [-0.39, 0.29) is 29.9 Å². The van der Waals surface area contributed by atoms with Crippen molar-refractivity contribution in [3.05, 3.63) is 100 Å². The van der Waals surface area contributed by atoms with Crippen molar-refractivity contribution in [1.29, 1.82) is 5.26 Å². The Balaban J connectivity index is 1.89. The molecule has 0 aliphatic rings. The van der Waals surface area contributed by atoms with Crippen molar-refractivity contribution < 1.29 is 26.7 Å². The molecule has 0 radical (unpaired) electrons. The molecule has 0 unspecified atom stereocenters. The first-order valence-corrected chi connectivity index (χ1v) is 12.6. The van der Waals surface area contributed by atoms with Crippen molar-refractivity contribution in [3.63, 3.8) is 0 Å². The normalized spacial score (nSPS) is 11.4. The Morgan fingerprint density at radius 1 is 1.08 bits per heavy atom. The number of carbonyl (C=O) groups excluding carboxylic acids is 1. The summed E-state index contributed by atoms with van der Waals surface area (Å²) < 4.78 is 62.0. The number of halogens is 2. The summed E-state index contributed by atoms with van der Waals surface area (Å²) in [5.74, 6) is -1.96. The quantitative estimate of drug-likeness (QED) is 0.261. The number of aromatic nitrogens is 1. The van der Waals surface area contributed by atoms with E-state index in [1.807, 2.05) is 0 Å². The Morgan fingerprint density at radius 3 is 2.47 bits per heavy atom. The average Bonchev–Trinajstić information content (AvgIpc) is 3.09. The van der Waals surface area contributed by atoms with E-state index in [0.717, 1.165) is 30.3 Å². The Labute approximate surface area is 207 Å². The maximum Gasteiger partial charge on any atom is 0.310 e. The Morgan fingerprint density at radius 2 is 1.81 bits per heavy atom. The van der Waals surface area contributed by atoms with Gasteiger partial charge in [0, 0.05) is 23.8 Å². The predicted molar refractivity (Wildman–Crippen MR) is 128 cm³/mol. The molecule has 2 aromatic carbocycles. The van der Waals surface area contributed by atoms with Crippen LogP contribution in [0.4, 0.5) is 8.78 Å². The predicted octanol–water partition coefficient (Wildman–Crippen LogP) is 4.93. The topological polar surface area (TPSA) is 88.6 Å². The number of sulfone groups is 1. The third kappa shape index (κ3) is 4.60. The molecule has 0 aliphatic carbocycles. The van der Waals surface area contributed by atoms with Crippen LogP contribution in [0.2, 0.25) is 0 Å². The number of fused-ring (bicyclic) bond motifs is 1. The van der Waals surface area contributed by atoms with Gasteiger partial charge in [0.15, 0.2) is 0 Å². The molecule has 0 aliphatic heterocycles. The van der Waals surface area contributed by atoms with E-state index in [2.05, 4.69) is 6.07 Å². The third-order valence-electron chi connectivity index (χ3n) is 5.99. The van der Waals surface area contributed by atoms with E-state index in [1.54, 1.807) is 36.6 Å². The maximum atomic E-state index is 15.0.